The molecule has 0 spiro atoms. The normalized spacial score (nSPS) is 11.6. The lowest BCUT2D eigenvalue weighted by molar-refractivity contribution is -0.140. The Bertz CT molecular complexity index is 823. The topological polar surface area (TPSA) is 58.6 Å². The Morgan fingerprint density at radius 1 is 1.10 bits per heavy atom. The summed E-state index contributed by atoms with van der Waals surface area (Å²) >= 11 is 0. The summed E-state index contributed by atoms with van der Waals surface area (Å²) in [5.41, 5.74) is 1.58. The van der Waals surface area contributed by atoms with E-state index in [0.29, 0.717) is 24.3 Å². The summed E-state index contributed by atoms with van der Waals surface area (Å²) < 4.78 is 18.5. The van der Waals surface area contributed by atoms with Crippen molar-refractivity contribution in [2.24, 2.45) is 0 Å². The first-order chi connectivity index (χ1) is 14.5. The molecule has 0 heterocycles. The average molecular weight is 415 g/mol. The number of benzene rings is 2. The lowest BCUT2D eigenvalue weighted by atomic mass is 10.1. The zero-order chi connectivity index (χ0) is 21.9. The predicted octanol–water partition coefficient (Wildman–Crippen LogP) is 4.10. The largest absolute Gasteiger partial charge is 0.497 e. The van der Waals surface area contributed by atoms with Gasteiger partial charge in [-0.2, -0.15) is 0 Å². The molecular formula is C24H31FN2O3. The van der Waals surface area contributed by atoms with Crippen LogP contribution in [-0.4, -0.2) is 36.4 Å². The second-order valence-corrected chi connectivity index (χ2v) is 7.25. The van der Waals surface area contributed by atoms with Crippen molar-refractivity contribution in [1.29, 1.82) is 0 Å². The van der Waals surface area contributed by atoms with Crippen LogP contribution in [0.1, 0.15) is 44.2 Å². The van der Waals surface area contributed by atoms with Gasteiger partial charge in [-0.05, 0) is 48.2 Å². The highest BCUT2D eigenvalue weighted by Crippen LogP contribution is 2.18. The number of nitrogens with zero attached hydrogens (tertiary/aromatic N) is 1. The molecule has 0 saturated carbocycles. The van der Waals surface area contributed by atoms with Gasteiger partial charge in [-0.15, -0.1) is 0 Å². The van der Waals surface area contributed by atoms with E-state index in [0.717, 1.165) is 18.4 Å². The summed E-state index contributed by atoms with van der Waals surface area (Å²) in [5, 5.41) is 2.94. The summed E-state index contributed by atoms with van der Waals surface area (Å²) in [4.78, 5) is 27.6. The van der Waals surface area contributed by atoms with Crippen molar-refractivity contribution in [3.63, 3.8) is 0 Å². The zero-order valence-electron chi connectivity index (χ0n) is 18.0. The average Bonchev–Trinajstić information content (AvgIpc) is 2.75. The highest BCUT2D eigenvalue weighted by atomic mass is 19.1. The van der Waals surface area contributed by atoms with Gasteiger partial charge in [0.2, 0.25) is 11.8 Å². The number of methoxy groups -OCH3 is 1. The van der Waals surface area contributed by atoms with Crippen molar-refractivity contribution in [3.05, 3.63) is 65.5 Å². The number of hydrogen-bond donors (Lipinski definition) is 1. The molecule has 2 amide bonds. The lowest BCUT2D eigenvalue weighted by Crippen LogP contribution is -2.49. The van der Waals surface area contributed by atoms with E-state index in [1.54, 1.807) is 24.1 Å². The maximum atomic E-state index is 13.2. The van der Waals surface area contributed by atoms with Gasteiger partial charge in [-0.3, -0.25) is 9.59 Å². The van der Waals surface area contributed by atoms with Crippen LogP contribution in [0.15, 0.2) is 48.5 Å². The molecule has 2 aromatic rings. The summed E-state index contributed by atoms with van der Waals surface area (Å²) in [6.45, 7) is 4.83. The molecule has 1 N–H and O–H groups in total. The van der Waals surface area contributed by atoms with Gasteiger partial charge < -0.3 is 15.0 Å². The van der Waals surface area contributed by atoms with Gasteiger partial charge in [0, 0.05) is 13.1 Å². The van der Waals surface area contributed by atoms with Crippen LogP contribution in [0.5, 0.6) is 5.75 Å². The molecule has 0 aliphatic carbocycles. The molecule has 5 nitrogen and oxygen atoms in total. The number of amides is 2. The third-order valence-corrected chi connectivity index (χ3v) is 4.97. The number of ether oxygens (including phenoxy) is 1. The van der Waals surface area contributed by atoms with Crippen LogP contribution >= 0.6 is 0 Å². The molecule has 162 valence electrons. The molecule has 0 saturated heterocycles. The van der Waals surface area contributed by atoms with E-state index >= 15 is 0 Å². The Hall–Kier alpha value is -2.89. The lowest BCUT2D eigenvalue weighted by Gasteiger charge is -2.31. The van der Waals surface area contributed by atoms with Crippen molar-refractivity contribution in [2.45, 2.75) is 52.1 Å². The maximum Gasteiger partial charge on any atom is 0.242 e. The molecule has 6 heteroatoms. The minimum Gasteiger partial charge on any atom is -0.497 e. The summed E-state index contributed by atoms with van der Waals surface area (Å²) in [6, 6.07) is 12.7. The first-order valence-electron chi connectivity index (χ1n) is 10.4. The van der Waals surface area contributed by atoms with Crippen molar-refractivity contribution in [1.82, 2.24) is 10.2 Å². The summed E-state index contributed by atoms with van der Waals surface area (Å²) in [5.74, 6) is 0.0169. The molecule has 1 atom stereocenters. The van der Waals surface area contributed by atoms with Gasteiger partial charge in [0.1, 0.15) is 17.6 Å². The van der Waals surface area contributed by atoms with E-state index in [9.17, 15) is 14.0 Å². The molecule has 0 bridgehead atoms. The third kappa shape index (κ3) is 6.87. The van der Waals surface area contributed by atoms with E-state index < -0.39 is 6.04 Å². The van der Waals surface area contributed by atoms with Crippen LogP contribution < -0.4 is 10.1 Å². The van der Waals surface area contributed by atoms with Gasteiger partial charge in [0.15, 0.2) is 0 Å². The fourth-order valence-corrected chi connectivity index (χ4v) is 3.27. The Kier molecular flexibility index (Phi) is 9.32. The van der Waals surface area contributed by atoms with Gasteiger partial charge in [-0.1, -0.05) is 44.5 Å². The second kappa shape index (κ2) is 12.0. The highest BCUT2D eigenvalue weighted by molar-refractivity contribution is 5.88. The van der Waals surface area contributed by atoms with Crippen LogP contribution in [0, 0.1) is 5.82 Å². The fourth-order valence-electron chi connectivity index (χ4n) is 3.27. The van der Waals surface area contributed by atoms with E-state index in [1.807, 2.05) is 31.2 Å². The van der Waals surface area contributed by atoms with E-state index in [1.165, 1.54) is 12.1 Å². The molecule has 0 aromatic heterocycles. The van der Waals surface area contributed by atoms with Crippen molar-refractivity contribution >= 4 is 11.8 Å². The number of unbranched alkanes of at least 4 members (excludes halogenated alkanes) is 1. The minimum atomic E-state index is -0.582. The molecular weight excluding hydrogens is 383 g/mol. The quantitative estimate of drug-likeness (QED) is 0.563. The van der Waals surface area contributed by atoms with Crippen molar-refractivity contribution in [3.8, 4) is 5.75 Å². The van der Waals surface area contributed by atoms with Crippen molar-refractivity contribution < 1.29 is 18.7 Å². The Balaban J connectivity index is 2.25. The SMILES string of the molecule is CCCCNC(=O)[C@@H](CC)N(Cc1cccc(OC)c1)C(=O)Cc1ccc(F)cc1. The molecule has 0 fully saturated rings. The van der Waals surface area contributed by atoms with Gasteiger partial charge in [0.25, 0.3) is 0 Å². The van der Waals surface area contributed by atoms with Crippen LogP contribution in [0.3, 0.4) is 0 Å². The molecule has 30 heavy (non-hydrogen) atoms. The number of hydrogen-bond acceptors (Lipinski definition) is 3. The standard InChI is InChI=1S/C24H31FN2O3/c1-4-6-14-26-24(29)22(5-2)27(17-19-8-7-9-21(15-19)30-3)23(28)16-18-10-12-20(25)13-11-18/h7-13,15,22H,4-6,14,16-17H2,1-3H3,(H,26,29)/t22-/m1/s1. The molecule has 2 rings (SSSR count). The molecule has 0 aliphatic rings. The zero-order valence-corrected chi connectivity index (χ0v) is 18.0. The number of nitrogens with one attached hydrogen (secondary N) is 1. The molecule has 0 unspecified atom stereocenters. The van der Waals surface area contributed by atoms with Gasteiger partial charge in [-0.25, -0.2) is 4.39 Å². The second-order valence-electron chi connectivity index (χ2n) is 7.25. The van der Waals surface area contributed by atoms with Crippen LogP contribution in [0.25, 0.3) is 0 Å². The number of carbonyl (C=O) groups excluding carboxylic acids is 2. The summed E-state index contributed by atoms with van der Waals surface area (Å²) in [6.07, 6.45) is 2.47. The molecule has 0 radical (unpaired) electrons. The molecule has 2 aromatic carbocycles. The van der Waals surface area contributed by atoms with Crippen LogP contribution in [-0.2, 0) is 22.6 Å². The monoisotopic (exact) mass is 414 g/mol. The Morgan fingerprint density at radius 3 is 2.47 bits per heavy atom. The summed E-state index contributed by atoms with van der Waals surface area (Å²) in [7, 11) is 1.59. The maximum absolute atomic E-state index is 13.2. The van der Waals surface area contributed by atoms with E-state index in [2.05, 4.69) is 12.2 Å². The third-order valence-electron chi connectivity index (χ3n) is 4.97. The predicted molar refractivity (Wildman–Crippen MR) is 116 cm³/mol. The van der Waals surface area contributed by atoms with E-state index in [4.69, 9.17) is 4.74 Å². The fraction of sp³-hybridized carbons (Fsp3) is 0.417. The first kappa shape index (κ1) is 23.4. The van der Waals surface area contributed by atoms with Gasteiger partial charge in [0.05, 0.1) is 13.5 Å². The van der Waals surface area contributed by atoms with Crippen LogP contribution in [0.4, 0.5) is 4.39 Å². The molecule has 0 aliphatic heterocycles. The van der Waals surface area contributed by atoms with Crippen LogP contribution in [0.2, 0.25) is 0 Å². The highest BCUT2D eigenvalue weighted by Gasteiger charge is 2.28. The Labute approximate surface area is 178 Å². The number of carbonyl (C=O) groups is 2. The minimum absolute atomic E-state index is 0.100. The van der Waals surface area contributed by atoms with Gasteiger partial charge >= 0.3 is 0 Å². The smallest absolute Gasteiger partial charge is 0.242 e. The number of rotatable bonds is 11. The first-order valence-corrected chi connectivity index (χ1v) is 10.4. The number of halogens is 1. The van der Waals surface area contributed by atoms with E-state index in [-0.39, 0.29) is 30.6 Å². The van der Waals surface area contributed by atoms with Crippen molar-refractivity contribution in [2.75, 3.05) is 13.7 Å². The Morgan fingerprint density at radius 2 is 1.83 bits per heavy atom.